The summed E-state index contributed by atoms with van der Waals surface area (Å²) in [5.74, 6) is -0.791. The molecule has 0 aliphatic carbocycles. The standard InChI is InChI=1S/C26H28N2O7S/c1-5-33-20-12-18(10-11-19(20)35-15-23(30)34-6-2)13-21-25(31)28(26(32)36-21)14-22(29)27-24-16(3)8-7-9-17(24)4/h7-13H,5-6,14-15H2,1-4H3,(H,27,29)/b21-13-. The lowest BCUT2D eigenvalue weighted by Gasteiger charge is -2.15. The first kappa shape index (κ1) is 26.8. The van der Waals surface area contributed by atoms with Gasteiger partial charge in [0.2, 0.25) is 5.91 Å². The van der Waals surface area contributed by atoms with Gasteiger partial charge in [0, 0.05) is 5.69 Å². The second kappa shape index (κ2) is 12.3. The van der Waals surface area contributed by atoms with E-state index in [2.05, 4.69) is 5.32 Å². The molecule has 1 N–H and O–H groups in total. The fraction of sp³-hybridized carbons (Fsp3) is 0.308. The van der Waals surface area contributed by atoms with Gasteiger partial charge in [-0.05, 0) is 74.4 Å². The molecule has 2 aromatic rings. The molecule has 36 heavy (non-hydrogen) atoms. The summed E-state index contributed by atoms with van der Waals surface area (Å²) in [6.45, 7) is 7.20. The van der Waals surface area contributed by atoms with E-state index in [0.717, 1.165) is 27.8 Å². The van der Waals surface area contributed by atoms with Gasteiger partial charge in [0.15, 0.2) is 18.1 Å². The van der Waals surface area contributed by atoms with E-state index in [4.69, 9.17) is 14.2 Å². The largest absolute Gasteiger partial charge is 0.490 e. The lowest BCUT2D eigenvalue weighted by molar-refractivity contribution is -0.145. The topological polar surface area (TPSA) is 111 Å². The van der Waals surface area contributed by atoms with Crippen molar-refractivity contribution in [3.63, 3.8) is 0 Å². The monoisotopic (exact) mass is 512 g/mol. The highest BCUT2D eigenvalue weighted by Crippen LogP contribution is 2.34. The lowest BCUT2D eigenvalue weighted by atomic mass is 10.1. The number of ether oxygens (including phenoxy) is 3. The van der Waals surface area contributed by atoms with Crippen LogP contribution in [0.2, 0.25) is 0 Å². The average Bonchev–Trinajstić information content (AvgIpc) is 3.08. The minimum Gasteiger partial charge on any atom is -0.490 e. The summed E-state index contributed by atoms with van der Waals surface area (Å²) < 4.78 is 16.0. The lowest BCUT2D eigenvalue weighted by Crippen LogP contribution is -2.36. The molecule has 2 aromatic carbocycles. The van der Waals surface area contributed by atoms with Crippen molar-refractivity contribution in [2.24, 2.45) is 0 Å². The fourth-order valence-electron chi connectivity index (χ4n) is 3.46. The maximum absolute atomic E-state index is 12.9. The van der Waals surface area contributed by atoms with Gasteiger partial charge in [0.25, 0.3) is 11.1 Å². The van der Waals surface area contributed by atoms with E-state index in [1.165, 1.54) is 0 Å². The Morgan fingerprint density at radius 1 is 1.00 bits per heavy atom. The first-order chi connectivity index (χ1) is 17.2. The molecule has 1 saturated heterocycles. The van der Waals surface area contributed by atoms with Crippen molar-refractivity contribution in [3.8, 4) is 11.5 Å². The molecule has 190 valence electrons. The van der Waals surface area contributed by atoms with Gasteiger partial charge >= 0.3 is 5.97 Å². The molecular weight excluding hydrogens is 484 g/mol. The van der Waals surface area contributed by atoms with E-state index in [1.807, 2.05) is 32.0 Å². The predicted octanol–water partition coefficient (Wildman–Crippen LogP) is 4.32. The van der Waals surface area contributed by atoms with Gasteiger partial charge in [0.1, 0.15) is 6.54 Å². The maximum atomic E-state index is 12.9. The number of hydrogen-bond acceptors (Lipinski definition) is 8. The Morgan fingerprint density at radius 3 is 2.39 bits per heavy atom. The highest BCUT2D eigenvalue weighted by molar-refractivity contribution is 8.18. The quantitative estimate of drug-likeness (QED) is 0.370. The molecule has 3 amide bonds. The van der Waals surface area contributed by atoms with Gasteiger partial charge in [-0.25, -0.2) is 4.79 Å². The Bertz CT molecular complexity index is 1190. The van der Waals surface area contributed by atoms with Crippen LogP contribution in [-0.4, -0.2) is 54.3 Å². The normalized spacial score (nSPS) is 14.2. The Kier molecular flexibility index (Phi) is 9.13. The molecule has 0 atom stereocenters. The van der Waals surface area contributed by atoms with Crippen molar-refractivity contribution in [1.82, 2.24) is 4.90 Å². The Morgan fingerprint density at radius 2 is 1.72 bits per heavy atom. The molecule has 1 fully saturated rings. The van der Waals surface area contributed by atoms with Gasteiger partial charge in [-0.2, -0.15) is 0 Å². The van der Waals surface area contributed by atoms with Crippen LogP contribution in [0.15, 0.2) is 41.3 Å². The number of carbonyl (C=O) groups is 4. The number of hydrogen-bond donors (Lipinski definition) is 1. The number of nitrogens with zero attached hydrogens (tertiary/aromatic N) is 1. The molecule has 0 aromatic heterocycles. The van der Waals surface area contributed by atoms with E-state index in [1.54, 1.807) is 38.1 Å². The minimum atomic E-state index is -0.553. The summed E-state index contributed by atoms with van der Waals surface area (Å²) in [7, 11) is 0. The Hall–Kier alpha value is -3.79. The van der Waals surface area contributed by atoms with Crippen molar-refractivity contribution in [3.05, 3.63) is 58.0 Å². The molecule has 9 nitrogen and oxygen atoms in total. The third-order valence-corrected chi connectivity index (χ3v) is 6.04. The smallest absolute Gasteiger partial charge is 0.344 e. The summed E-state index contributed by atoms with van der Waals surface area (Å²) in [6.07, 6.45) is 1.55. The van der Waals surface area contributed by atoms with Crippen molar-refractivity contribution < 1.29 is 33.4 Å². The van der Waals surface area contributed by atoms with Gasteiger partial charge < -0.3 is 19.5 Å². The van der Waals surface area contributed by atoms with Gasteiger partial charge in [-0.15, -0.1) is 0 Å². The van der Waals surface area contributed by atoms with E-state index >= 15 is 0 Å². The second-order valence-corrected chi connectivity index (χ2v) is 8.81. The number of aryl methyl sites for hydroxylation is 2. The molecule has 1 aliphatic rings. The number of rotatable bonds is 10. The second-order valence-electron chi connectivity index (χ2n) is 7.82. The molecule has 3 rings (SSSR count). The zero-order chi connectivity index (χ0) is 26.2. The molecule has 10 heteroatoms. The molecule has 0 saturated carbocycles. The average molecular weight is 513 g/mol. The number of amides is 3. The van der Waals surface area contributed by atoms with Crippen molar-refractivity contribution in [1.29, 1.82) is 0 Å². The number of carbonyl (C=O) groups excluding carboxylic acids is 4. The predicted molar refractivity (Wildman–Crippen MR) is 137 cm³/mol. The van der Waals surface area contributed by atoms with Crippen molar-refractivity contribution in [2.45, 2.75) is 27.7 Å². The van der Waals surface area contributed by atoms with E-state index in [-0.39, 0.29) is 24.7 Å². The molecule has 0 bridgehead atoms. The molecular formula is C26H28N2O7S. The summed E-state index contributed by atoms with van der Waals surface area (Å²) in [5, 5.41) is 2.26. The van der Waals surface area contributed by atoms with Crippen LogP contribution in [0, 0.1) is 13.8 Å². The highest BCUT2D eigenvalue weighted by atomic mass is 32.2. The zero-order valence-corrected chi connectivity index (χ0v) is 21.4. The number of imide groups is 1. The number of para-hydroxylation sites is 1. The van der Waals surface area contributed by atoms with Crippen LogP contribution in [0.25, 0.3) is 6.08 Å². The first-order valence-electron chi connectivity index (χ1n) is 11.4. The number of esters is 1. The zero-order valence-electron chi connectivity index (χ0n) is 20.6. The Balaban J connectivity index is 1.72. The number of anilines is 1. The molecule has 0 spiro atoms. The molecule has 1 heterocycles. The SMILES string of the molecule is CCOC(=O)COc1ccc(/C=C2\SC(=O)N(CC(=O)Nc3c(C)cccc3C)C2=O)cc1OCC. The van der Waals surface area contributed by atoms with Crippen molar-refractivity contribution >= 4 is 46.5 Å². The van der Waals surface area contributed by atoms with E-state index < -0.39 is 23.0 Å². The Labute approximate surface area is 213 Å². The molecule has 0 unspecified atom stereocenters. The maximum Gasteiger partial charge on any atom is 0.344 e. The number of nitrogens with one attached hydrogen (secondary N) is 1. The first-order valence-corrected chi connectivity index (χ1v) is 12.2. The minimum absolute atomic E-state index is 0.183. The highest BCUT2D eigenvalue weighted by Gasteiger charge is 2.36. The third kappa shape index (κ3) is 6.66. The van der Waals surface area contributed by atoms with Gasteiger partial charge in [-0.1, -0.05) is 24.3 Å². The van der Waals surface area contributed by atoms with Crippen LogP contribution in [0.5, 0.6) is 11.5 Å². The van der Waals surface area contributed by atoms with Crippen LogP contribution >= 0.6 is 11.8 Å². The summed E-state index contributed by atoms with van der Waals surface area (Å²) in [5.41, 5.74) is 3.03. The van der Waals surface area contributed by atoms with Crippen LogP contribution in [0.4, 0.5) is 10.5 Å². The third-order valence-electron chi connectivity index (χ3n) is 5.14. The van der Waals surface area contributed by atoms with Crippen LogP contribution < -0.4 is 14.8 Å². The van der Waals surface area contributed by atoms with Crippen molar-refractivity contribution in [2.75, 3.05) is 31.7 Å². The van der Waals surface area contributed by atoms with Gasteiger partial charge in [-0.3, -0.25) is 19.3 Å². The van der Waals surface area contributed by atoms with E-state index in [9.17, 15) is 19.2 Å². The summed E-state index contributed by atoms with van der Waals surface area (Å²) in [4.78, 5) is 50.7. The summed E-state index contributed by atoms with van der Waals surface area (Å²) >= 11 is 0.760. The van der Waals surface area contributed by atoms with E-state index in [0.29, 0.717) is 29.4 Å². The number of thioether (sulfide) groups is 1. The van der Waals surface area contributed by atoms with Gasteiger partial charge in [0.05, 0.1) is 18.1 Å². The molecule has 1 aliphatic heterocycles. The number of benzene rings is 2. The molecule has 0 radical (unpaired) electrons. The van der Waals surface area contributed by atoms with Crippen LogP contribution in [0.3, 0.4) is 0 Å². The van der Waals surface area contributed by atoms with Crippen LogP contribution in [-0.2, 0) is 19.1 Å². The summed E-state index contributed by atoms with van der Waals surface area (Å²) in [6, 6.07) is 10.6. The fourth-order valence-corrected chi connectivity index (χ4v) is 4.30. The van der Waals surface area contributed by atoms with Crippen LogP contribution in [0.1, 0.15) is 30.5 Å².